The fourth-order valence-corrected chi connectivity index (χ4v) is 3.53. The third-order valence-corrected chi connectivity index (χ3v) is 5.07. The van der Waals surface area contributed by atoms with E-state index in [-0.39, 0.29) is 22.2 Å². The van der Waals surface area contributed by atoms with Crippen LogP contribution in [0.3, 0.4) is 0 Å². The Morgan fingerprint density at radius 3 is 2.38 bits per heavy atom. The summed E-state index contributed by atoms with van der Waals surface area (Å²) in [6.07, 6.45) is -1.35. The molecule has 1 saturated carbocycles. The van der Waals surface area contributed by atoms with Crippen LogP contribution >= 0.6 is 0 Å². The smallest absolute Gasteiger partial charge is 0.438 e. The van der Waals surface area contributed by atoms with Crippen molar-refractivity contribution in [3.63, 3.8) is 0 Å². The number of ether oxygens (including phenoxy) is 1. The standard InChI is InChI=1S/C18H21F3N2O3/c1-26-14-9-7-13(8-10-14)16(24)23-17(25,18(19,20)21)11-15(22-23)12-5-3-2-4-6-12/h7-10,12,25H,2-6,11H2,1H3/t17-/m1/s1. The fraction of sp³-hybridized carbons (Fsp3) is 0.556. The second kappa shape index (κ2) is 6.90. The van der Waals surface area contributed by atoms with E-state index < -0.39 is 24.2 Å². The zero-order valence-corrected chi connectivity index (χ0v) is 14.4. The number of amides is 1. The Morgan fingerprint density at radius 2 is 1.85 bits per heavy atom. The van der Waals surface area contributed by atoms with Crippen LogP contribution in [-0.4, -0.2) is 40.7 Å². The quantitative estimate of drug-likeness (QED) is 0.882. The largest absolute Gasteiger partial charge is 0.497 e. The minimum atomic E-state index is -5.00. The number of carbonyl (C=O) groups excluding carboxylic acids is 1. The molecule has 1 aromatic rings. The van der Waals surface area contributed by atoms with Crippen LogP contribution in [-0.2, 0) is 0 Å². The summed E-state index contributed by atoms with van der Waals surface area (Å²) in [4.78, 5) is 12.7. The van der Waals surface area contributed by atoms with E-state index in [1.165, 1.54) is 31.4 Å². The zero-order chi connectivity index (χ0) is 18.9. The molecule has 8 heteroatoms. The molecule has 1 fully saturated rings. The lowest BCUT2D eigenvalue weighted by molar-refractivity contribution is -0.297. The molecule has 0 spiro atoms. The van der Waals surface area contributed by atoms with E-state index in [4.69, 9.17) is 4.74 Å². The number of hydrogen-bond acceptors (Lipinski definition) is 4. The number of aliphatic hydroxyl groups is 1. The molecular formula is C18H21F3N2O3. The van der Waals surface area contributed by atoms with Crippen LogP contribution in [0.1, 0.15) is 48.9 Å². The molecule has 142 valence electrons. The lowest BCUT2D eigenvalue weighted by Gasteiger charge is -2.32. The number of halogens is 3. The Labute approximate surface area is 149 Å². The van der Waals surface area contributed by atoms with Crippen LogP contribution in [0.5, 0.6) is 5.75 Å². The maximum Gasteiger partial charge on any atom is 0.438 e. The van der Waals surface area contributed by atoms with Crippen LogP contribution in [0.2, 0.25) is 0 Å². The molecule has 0 bridgehead atoms. The number of nitrogens with zero attached hydrogens (tertiary/aromatic N) is 2. The van der Waals surface area contributed by atoms with Gasteiger partial charge >= 0.3 is 6.18 Å². The van der Waals surface area contributed by atoms with Gasteiger partial charge in [0.05, 0.1) is 7.11 Å². The number of hydrazone groups is 1. The highest BCUT2D eigenvalue weighted by Gasteiger charge is 2.63. The Morgan fingerprint density at radius 1 is 1.23 bits per heavy atom. The molecule has 0 aromatic heterocycles. The molecule has 1 atom stereocenters. The van der Waals surface area contributed by atoms with E-state index in [0.29, 0.717) is 5.75 Å². The van der Waals surface area contributed by atoms with Gasteiger partial charge in [0.25, 0.3) is 11.6 Å². The molecule has 1 amide bonds. The number of alkyl halides is 3. The first-order chi connectivity index (χ1) is 12.3. The van der Waals surface area contributed by atoms with Gasteiger partial charge in [-0.3, -0.25) is 4.79 Å². The first-order valence-corrected chi connectivity index (χ1v) is 8.61. The molecular weight excluding hydrogens is 349 g/mol. The number of carbonyl (C=O) groups is 1. The van der Waals surface area contributed by atoms with Crippen molar-refractivity contribution >= 4 is 11.6 Å². The van der Waals surface area contributed by atoms with Gasteiger partial charge in [0, 0.05) is 17.7 Å². The van der Waals surface area contributed by atoms with Gasteiger partial charge in [0.15, 0.2) is 0 Å². The monoisotopic (exact) mass is 370 g/mol. The number of rotatable bonds is 3. The van der Waals surface area contributed by atoms with Crippen LogP contribution in [0.4, 0.5) is 13.2 Å². The summed E-state index contributed by atoms with van der Waals surface area (Å²) >= 11 is 0. The first kappa shape index (κ1) is 18.7. The van der Waals surface area contributed by atoms with Crippen LogP contribution < -0.4 is 4.74 Å². The van der Waals surface area contributed by atoms with Crippen LogP contribution in [0.15, 0.2) is 29.4 Å². The number of hydrogen-bond donors (Lipinski definition) is 1. The van der Waals surface area contributed by atoms with E-state index >= 15 is 0 Å². The van der Waals surface area contributed by atoms with Crippen LogP contribution in [0, 0.1) is 5.92 Å². The maximum absolute atomic E-state index is 13.6. The van der Waals surface area contributed by atoms with Crippen molar-refractivity contribution in [2.45, 2.75) is 50.4 Å². The minimum absolute atomic E-state index is 0.00196. The third kappa shape index (κ3) is 3.30. The minimum Gasteiger partial charge on any atom is -0.497 e. The predicted molar refractivity (Wildman–Crippen MR) is 88.8 cm³/mol. The van der Waals surface area contributed by atoms with Crippen molar-refractivity contribution in [2.24, 2.45) is 11.0 Å². The van der Waals surface area contributed by atoms with Crippen molar-refractivity contribution in [3.05, 3.63) is 29.8 Å². The van der Waals surface area contributed by atoms with Gasteiger partial charge < -0.3 is 9.84 Å². The molecule has 1 aliphatic carbocycles. The topological polar surface area (TPSA) is 62.1 Å². The maximum atomic E-state index is 13.6. The molecule has 1 heterocycles. The second-order valence-corrected chi connectivity index (χ2v) is 6.76. The van der Waals surface area contributed by atoms with Crippen molar-refractivity contribution in [1.29, 1.82) is 0 Å². The first-order valence-electron chi connectivity index (χ1n) is 8.61. The highest BCUT2D eigenvalue weighted by Crippen LogP contribution is 2.43. The lowest BCUT2D eigenvalue weighted by Crippen LogP contribution is -2.56. The molecule has 0 radical (unpaired) electrons. The zero-order valence-electron chi connectivity index (χ0n) is 14.4. The summed E-state index contributed by atoms with van der Waals surface area (Å²) in [6, 6.07) is 5.65. The van der Waals surface area contributed by atoms with Gasteiger partial charge in [0.1, 0.15) is 5.75 Å². The van der Waals surface area contributed by atoms with Gasteiger partial charge in [-0.25, -0.2) is 0 Å². The highest BCUT2D eigenvalue weighted by atomic mass is 19.4. The van der Waals surface area contributed by atoms with Gasteiger partial charge in [0.2, 0.25) is 0 Å². The van der Waals surface area contributed by atoms with E-state index in [1.807, 2.05) is 0 Å². The highest BCUT2D eigenvalue weighted by molar-refractivity contribution is 5.99. The van der Waals surface area contributed by atoms with Gasteiger partial charge in [-0.1, -0.05) is 19.3 Å². The summed E-state index contributed by atoms with van der Waals surface area (Å²) < 4.78 is 45.8. The molecule has 2 aliphatic rings. The van der Waals surface area contributed by atoms with E-state index in [2.05, 4.69) is 5.10 Å². The van der Waals surface area contributed by atoms with Gasteiger partial charge in [-0.15, -0.1) is 0 Å². The Balaban J connectivity index is 1.93. The molecule has 0 unspecified atom stereocenters. The van der Waals surface area contributed by atoms with Crippen molar-refractivity contribution in [3.8, 4) is 5.75 Å². The average molecular weight is 370 g/mol. The molecule has 3 rings (SSSR count). The summed E-state index contributed by atoms with van der Waals surface area (Å²) in [5, 5.41) is 14.5. The van der Waals surface area contributed by atoms with Crippen molar-refractivity contribution < 1.29 is 27.8 Å². The molecule has 1 aliphatic heterocycles. The van der Waals surface area contributed by atoms with E-state index in [9.17, 15) is 23.1 Å². The van der Waals surface area contributed by atoms with E-state index in [1.54, 1.807) is 0 Å². The number of methoxy groups -OCH3 is 1. The summed E-state index contributed by atoms with van der Waals surface area (Å²) in [5.74, 6) is -0.634. The number of benzene rings is 1. The SMILES string of the molecule is COc1ccc(C(=O)N2N=C(C3CCCCC3)C[C@@]2(O)C(F)(F)F)cc1. The van der Waals surface area contributed by atoms with E-state index in [0.717, 1.165) is 32.1 Å². The fourth-order valence-electron chi connectivity index (χ4n) is 3.53. The molecule has 0 saturated heterocycles. The van der Waals surface area contributed by atoms with Gasteiger partial charge in [-0.2, -0.15) is 23.3 Å². The van der Waals surface area contributed by atoms with Crippen LogP contribution in [0.25, 0.3) is 0 Å². The molecule has 1 aromatic carbocycles. The normalized spacial score (nSPS) is 24.5. The molecule has 1 N–H and O–H groups in total. The lowest BCUT2D eigenvalue weighted by atomic mass is 9.83. The molecule has 26 heavy (non-hydrogen) atoms. The Bertz CT molecular complexity index is 697. The Hall–Kier alpha value is -2.09. The summed E-state index contributed by atoms with van der Waals surface area (Å²) in [6.45, 7) is 0. The van der Waals surface area contributed by atoms with Crippen molar-refractivity contribution in [1.82, 2.24) is 5.01 Å². The molecule has 5 nitrogen and oxygen atoms in total. The van der Waals surface area contributed by atoms with Crippen molar-refractivity contribution in [2.75, 3.05) is 7.11 Å². The summed E-state index contributed by atoms with van der Waals surface area (Å²) in [7, 11) is 1.44. The summed E-state index contributed by atoms with van der Waals surface area (Å²) in [5.41, 5.74) is -3.05. The second-order valence-electron chi connectivity index (χ2n) is 6.76. The average Bonchev–Trinajstić information content (AvgIpc) is 3.01. The Kier molecular flexibility index (Phi) is 4.96. The predicted octanol–water partition coefficient (Wildman–Crippen LogP) is 3.73. The van der Waals surface area contributed by atoms with Gasteiger partial charge in [-0.05, 0) is 43.0 Å². The third-order valence-electron chi connectivity index (χ3n) is 5.07.